The van der Waals surface area contributed by atoms with Crippen LogP contribution in [-0.2, 0) is 4.74 Å². The lowest BCUT2D eigenvalue weighted by molar-refractivity contribution is 0.0491. The number of nitrogens with one attached hydrogen (secondary N) is 1. The van der Waals surface area contributed by atoms with Crippen molar-refractivity contribution >= 4 is 0 Å². The van der Waals surface area contributed by atoms with Crippen LogP contribution >= 0.6 is 0 Å². The van der Waals surface area contributed by atoms with Gasteiger partial charge in [-0.1, -0.05) is 6.07 Å². The van der Waals surface area contributed by atoms with Crippen LogP contribution in [0.15, 0.2) is 12.1 Å². The Morgan fingerprint density at radius 1 is 1.22 bits per heavy atom. The van der Waals surface area contributed by atoms with Crippen molar-refractivity contribution in [3.63, 3.8) is 0 Å². The summed E-state index contributed by atoms with van der Waals surface area (Å²) in [5, 5.41) is 3.34. The first-order valence-electron chi connectivity index (χ1n) is 6.49. The zero-order chi connectivity index (χ0) is 13.7. The number of hydrogen-bond acceptors (Lipinski definition) is 3. The summed E-state index contributed by atoms with van der Waals surface area (Å²) in [7, 11) is 3.68. The van der Waals surface area contributed by atoms with E-state index < -0.39 is 0 Å². The molecule has 0 aromatic heterocycles. The van der Waals surface area contributed by atoms with Gasteiger partial charge in [-0.3, -0.25) is 0 Å². The lowest BCUT2D eigenvalue weighted by Gasteiger charge is -2.26. The highest BCUT2D eigenvalue weighted by molar-refractivity contribution is 5.43. The van der Waals surface area contributed by atoms with Crippen molar-refractivity contribution in [2.75, 3.05) is 20.8 Å². The molecular formula is C15H25NO2. The van der Waals surface area contributed by atoms with Gasteiger partial charge in [0.05, 0.1) is 19.3 Å². The fourth-order valence-electron chi connectivity index (χ4n) is 2.37. The zero-order valence-corrected chi connectivity index (χ0v) is 12.3. The van der Waals surface area contributed by atoms with Gasteiger partial charge in [-0.2, -0.15) is 0 Å². The third-order valence-corrected chi connectivity index (χ3v) is 3.33. The van der Waals surface area contributed by atoms with Gasteiger partial charge in [0, 0.05) is 6.61 Å². The summed E-state index contributed by atoms with van der Waals surface area (Å²) in [5.74, 6) is 0.940. The third kappa shape index (κ3) is 3.24. The van der Waals surface area contributed by atoms with Gasteiger partial charge in [0.2, 0.25) is 0 Å². The minimum atomic E-state index is 0.145. The van der Waals surface area contributed by atoms with Gasteiger partial charge < -0.3 is 14.8 Å². The number of methoxy groups -OCH3 is 1. The van der Waals surface area contributed by atoms with Crippen LogP contribution in [0.3, 0.4) is 0 Å². The lowest BCUT2D eigenvalue weighted by Crippen LogP contribution is -2.30. The van der Waals surface area contributed by atoms with Crippen LogP contribution in [0, 0.1) is 13.8 Å². The second kappa shape index (κ2) is 6.76. The standard InChI is InChI=1S/C15H25NO2/c1-7-18-12(4)15(16-5)13-8-11(3)14(17-6)9-10(13)2/h8-9,12,15-16H,7H2,1-6H3. The third-order valence-electron chi connectivity index (χ3n) is 3.33. The zero-order valence-electron chi connectivity index (χ0n) is 12.3. The molecule has 0 radical (unpaired) electrons. The van der Waals surface area contributed by atoms with Crippen molar-refractivity contribution < 1.29 is 9.47 Å². The number of benzene rings is 1. The number of ether oxygens (including phenoxy) is 2. The summed E-state index contributed by atoms with van der Waals surface area (Å²) in [6, 6.07) is 4.48. The van der Waals surface area contributed by atoms with E-state index in [4.69, 9.17) is 9.47 Å². The highest BCUT2D eigenvalue weighted by Gasteiger charge is 2.20. The number of hydrogen-bond donors (Lipinski definition) is 1. The minimum absolute atomic E-state index is 0.145. The second-order valence-corrected chi connectivity index (χ2v) is 4.61. The van der Waals surface area contributed by atoms with Crippen LogP contribution in [0.1, 0.15) is 36.6 Å². The van der Waals surface area contributed by atoms with E-state index in [0.717, 1.165) is 17.9 Å². The Balaban J connectivity index is 3.09. The maximum absolute atomic E-state index is 5.71. The van der Waals surface area contributed by atoms with E-state index >= 15 is 0 Å². The first kappa shape index (κ1) is 15.0. The summed E-state index contributed by atoms with van der Waals surface area (Å²) in [6.45, 7) is 9.03. The van der Waals surface area contributed by atoms with Crippen molar-refractivity contribution in [2.24, 2.45) is 0 Å². The summed E-state index contributed by atoms with van der Waals surface area (Å²) < 4.78 is 11.1. The van der Waals surface area contributed by atoms with Gasteiger partial charge in [0.25, 0.3) is 0 Å². The molecule has 0 heterocycles. The Labute approximate surface area is 110 Å². The molecule has 0 aliphatic heterocycles. The highest BCUT2D eigenvalue weighted by atomic mass is 16.5. The normalized spacial score (nSPS) is 14.3. The molecule has 102 valence electrons. The van der Waals surface area contributed by atoms with Crippen LogP contribution in [-0.4, -0.2) is 26.9 Å². The van der Waals surface area contributed by atoms with Crippen LogP contribution < -0.4 is 10.1 Å². The molecule has 0 bridgehead atoms. The van der Waals surface area contributed by atoms with Gasteiger partial charge in [-0.15, -0.1) is 0 Å². The van der Waals surface area contributed by atoms with Gasteiger partial charge >= 0.3 is 0 Å². The molecule has 1 N–H and O–H groups in total. The molecule has 1 aromatic carbocycles. The van der Waals surface area contributed by atoms with E-state index in [1.54, 1.807) is 7.11 Å². The summed E-state index contributed by atoms with van der Waals surface area (Å²) in [4.78, 5) is 0. The van der Waals surface area contributed by atoms with E-state index in [1.165, 1.54) is 11.1 Å². The number of rotatable bonds is 6. The van der Waals surface area contributed by atoms with Crippen LogP contribution in [0.5, 0.6) is 5.75 Å². The summed E-state index contributed by atoms with van der Waals surface area (Å²) >= 11 is 0. The Morgan fingerprint density at radius 2 is 1.89 bits per heavy atom. The smallest absolute Gasteiger partial charge is 0.122 e. The molecule has 3 heteroatoms. The average Bonchev–Trinajstić information content (AvgIpc) is 2.34. The van der Waals surface area contributed by atoms with Gasteiger partial charge in [-0.25, -0.2) is 0 Å². The van der Waals surface area contributed by atoms with Crippen molar-refractivity contribution in [2.45, 2.75) is 39.8 Å². The first-order chi connectivity index (χ1) is 8.54. The average molecular weight is 251 g/mol. The molecule has 2 atom stereocenters. The van der Waals surface area contributed by atoms with Crippen molar-refractivity contribution in [1.82, 2.24) is 5.32 Å². The maximum Gasteiger partial charge on any atom is 0.122 e. The number of aryl methyl sites for hydroxylation is 2. The second-order valence-electron chi connectivity index (χ2n) is 4.61. The Hall–Kier alpha value is -1.06. The predicted octanol–water partition coefficient (Wildman–Crippen LogP) is 3.00. The first-order valence-corrected chi connectivity index (χ1v) is 6.49. The molecule has 18 heavy (non-hydrogen) atoms. The SMILES string of the molecule is CCOC(C)C(NC)c1cc(C)c(OC)cc1C. The fraction of sp³-hybridized carbons (Fsp3) is 0.600. The topological polar surface area (TPSA) is 30.5 Å². The Morgan fingerprint density at radius 3 is 2.39 bits per heavy atom. The quantitative estimate of drug-likeness (QED) is 0.843. The molecule has 2 unspecified atom stereocenters. The van der Waals surface area contributed by atoms with Crippen LogP contribution in [0.4, 0.5) is 0 Å². The van der Waals surface area contributed by atoms with Crippen molar-refractivity contribution in [3.8, 4) is 5.75 Å². The van der Waals surface area contributed by atoms with E-state index in [2.05, 4.69) is 38.2 Å². The van der Waals surface area contributed by atoms with Crippen molar-refractivity contribution in [1.29, 1.82) is 0 Å². The van der Waals surface area contributed by atoms with Crippen molar-refractivity contribution in [3.05, 3.63) is 28.8 Å². The largest absolute Gasteiger partial charge is 0.496 e. The fourth-order valence-corrected chi connectivity index (χ4v) is 2.37. The highest BCUT2D eigenvalue weighted by Crippen LogP contribution is 2.28. The van der Waals surface area contributed by atoms with Gasteiger partial charge in [-0.05, 0) is 57.5 Å². The molecule has 0 saturated carbocycles. The monoisotopic (exact) mass is 251 g/mol. The molecule has 0 spiro atoms. The molecule has 0 amide bonds. The van der Waals surface area contributed by atoms with Crippen LogP contribution in [0.2, 0.25) is 0 Å². The molecule has 0 saturated heterocycles. The van der Waals surface area contributed by atoms with Crippen LogP contribution in [0.25, 0.3) is 0 Å². The van der Waals surface area contributed by atoms with Gasteiger partial charge in [0.1, 0.15) is 5.75 Å². The molecular weight excluding hydrogens is 226 g/mol. The lowest BCUT2D eigenvalue weighted by atomic mass is 9.95. The Bertz CT molecular complexity index is 390. The molecule has 1 rings (SSSR count). The molecule has 0 aliphatic rings. The molecule has 3 nitrogen and oxygen atoms in total. The predicted molar refractivity (Wildman–Crippen MR) is 75.4 cm³/mol. The summed E-state index contributed by atoms with van der Waals surface area (Å²) in [5.41, 5.74) is 3.65. The van der Waals surface area contributed by atoms with E-state index in [1.807, 2.05) is 14.0 Å². The minimum Gasteiger partial charge on any atom is -0.496 e. The van der Waals surface area contributed by atoms with E-state index in [0.29, 0.717) is 0 Å². The molecule has 0 aliphatic carbocycles. The molecule has 1 aromatic rings. The van der Waals surface area contributed by atoms with E-state index in [9.17, 15) is 0 Å². The summed E-state index contributed by atoms with van der Waals surface area (Å²) in [6.07, 6.45) is 0.145. The number of likely N-dealkylation sites (N-methyl/N-ethyl adjacent to an activating group) is 1. The molecule has 0 fully saturated rings. The Kier molecular flexibility index (Phi) is 5.63. The van der Waals surface area contributed by atoms with Gasteiger partial charge in [0.15, 0.2) is 0 Å². The van der Waals surface area contributed by atoms with E-state index in [-0.39, 0.29) is 12.1 Å². The maximum atomic E-state index is 5.71.